The molecule has 0 bridgehead atoms. The number of carbonyl (C=O) groups excluding carboxylic acids is 1. The fourth-order valence-electron chi connectivity index (χ4n) is 4.33. The molecule has 0 N–H and O–H groups in total. The Morgan fingerprint density at radius 2 is 1.97 bits per heavy atom. The highest BCUT2D eigenvalue weighted by Gasteiger charge is 2.32. The smallest absolute Gasteiger partial charge is 0.226 e. The van der Waals surface area contributed by atoms with Crippen LogP contribution in [0.25, 0.3) is 0 Å². The third-order valence-electron chi connectivity index (χ3n) is 5.97. The van der Waals surface area contributed by atoms with E-state index in [1.54, 1.807) is 12.0 Å². The second-order valence-electron chi connectivity index (χ2n) is 8.11. The van der Waals surface area contributed by atoms with Gasteiger partial charge >= 0.3 is 0 Å². The summed E-state index contributed by atoms with van der Waals surface area (Å²) in [5.74, 6) is -0.640. The summed E-state index contributed by atoms with van der Waals surface area (Å²) < 4.78 is 33.0. The SMILES string of the molecule is COc1ccccc1C1=NO[C@H](CN(Cc2ccc(F)cc2F)C(=O)C2CCCC2)C1. The molecule has 1 saturated carbocycles. The zero-order valence-electron chi connectivity index (χ0n) is 17.5. The molecule has 0 spiro atoms. The van der Waals surface area contributed by atoms with E-state index in [1.165, 1.54) is 12.1 Å². The van der Waals surface area contributed by atoms with E-state index < -0.39 is 11.6 Å². The van der Waals surface area contributed by atoms with Crippen molar-refractivity contribution >= 4 is 11.6 Å². The van der Waals surface area contributed by atoms with Crippen molar-refractivity contribution in [3.63, 3.8) is 0 Å². The summed E-state index contributed by atoms with van der Waals surface area (Å²) in [6.45, 7) is 0.361. The molecule has 1 aliphatic heterocycles. The van der Waals surface area contributed by atoms with Crippen molar-refractivity contribution in [3.8, 4) is 5.75 Å². The number of para-hydroxylation sites is 1. The first kappa shape index (κ1) is 21.3. The fourth-order valence-corrected chi connectivity index (χ4v) is 4.33. The lowest BCUT2D eigenvalue weighted by Gasteiger charge is -2.27. The zero-order valence-corrected chi connectivity index (χ0v) is 17.5. The molecule has 31 heavy (non-hydrogen) atoms. The number of carbonyl (C=O) groups is 1. The second kappa shape index (κ2) is 9.45. The van der Waals surface area contributed by atoms with Crippen LogP contribution in [0, 0.1) is 17.6 Å². The summed E-state index contributed by atoms with van der Waals surface area (Å²) in [6.07, 6.45) is 3.91. The lowest BCUT2D eigenvalue weighted by atomic mass is 10.0. The minimum absolute atomic E-state index is 0.00410. The van der Waals surface area contributed by atoms with E-state index in [2.05, 4.69) is 5.16 Å². The van der Waals surface area contributed by atoms with Gasteiger partial charge in [-0.2, -0.15) is 0 Å². The maximum Gasteiger partial charge on any atom is 0.226 e. The van der Waals surface area contributed by atoms with Gasteiger partial charge in [-0.05, 0) is 31.0 Å². The molecular weight excluding hydrogens is 402 g/mol. The normalized spacial score (nSPS) is 18.5. The van der Waals surface area contributed by atoms with Gasteiger partial charge in [0.15, 0.2) is 6.10 Å². The van der Waals surface area contributed by atoms with Gasteiger partial charge < -0.3 is 14.5 Å². The highest BCUT2D eigenvalue weighted by molar-refractivity contribution is 6.03. The van der Waals surface area contributed by atoms with E-state index in [0.717, 1.165) is 43.0 Å². The minimum Gasteiger partial charge on any atom is -0.496 e. The molecule has 1 atom stereocenters. The second-order valence-corrected chi connectivity index (χ2v) is 8.11. The van der Waals surface area contributed by atoms with Crippen LogP contribution in [0.5, 0.6) is 5.75 Å². The van der Waals surface area contributed by atoms with Crippen molar-refractivity contribution in [1.29, 1.82) is 0 Å². The Morgan fingerprint density at radius 3 is 2.71 bits per heavy atom. The van der Waals surface area contributed by atoms with Crippen molar-refractivity contribution in [2.45, 2.75) is 44.8 Å². The molecule has 4 rings (SSSR count). The van der Waals surface area contributed by atoms with Gasteiger partial charge in [-0.25, -0.2) is 8.78 Å². The van der Waals surface area contributed by atoms with Crippen molar-refractivity contribution in [2.24, 2.45) is 11.1 Å². The lowest BCUT2D eigenvalue weighted by Crippen LogP contribution is -2.40. The molecule has 7 heteroatoms. The largest absolute Gasteiger partial charge is 0.496 e. The van der Waals surface area contributed by atoms with Crippen LogP contribution in [-0.4, -0.2) is 36.3 Å². The van der Waals surface area contributed by atoms with Crippen molar-refractivity contribution in [3.05, 3.63) is 65.2 Å². The minimum atomic E-state index is -0.650. The first-order valence-electron chi connectivity index (χ1n) is 10.6. The molecular formula is C24H26F2N2O3. The predicted octanol–water partition coefficient (Wildman–Crippen LogP) is 4.69. The van der Waals surface area contributed by atoms with E-state index in [1.807, 2.05) is 24.3 Å². The van der Waals surface area contributed by atoms with Gasteiger partial charge in [-0.1, -0.05) is 36.2 Å². The molecule has 1 fully saturated rings. The van der Waals surface area contributed by atoms with Gasteiger partial charge in [0.2, 0.25) is 5.91 Å². The Kier molecular flexibility index (Phi) is 6.49. The standard InChI is InChI=1S/C24H26F2N2O3/c1-30-23-9-5-4-8-20(23)22-13-19(31-27-22)15-28(24(29)16-6-2-3-7-16)14-17-10-11-18(25)12-21(17)26/h4-5,8-12,16,19H,2-3,6-7,13-15H2,1H3/t19-/m0/s1. The predicted molar refractivity (Wildman–Crippen MR) is 113 cm³/mol. The highest BCUT2D eigenvalue weighted by Crippen LogP contribution is 2.29. The van der Waals surface area contributed by atoms with Crippen LogP contribution in [0.3, 0.4) is 0 Å². The van der Waals surface area contributed by atoms with Crippen LogP contribution in [0.2, 0.25) is 0 Å². The Labute approximate surface area is 180 Å². The van der Waals surface area contributed by atoms with E-state index in [-0.39, 0.29) is 36.6 Å². The van der Waals surface area contributed by atoms with Gasteiger partial charge in [0, 0.05) is 36.1 Å². The third kappa shape index (κ3) is 4.86. The number of methoxy groups -OCH3 is 1. The third-order valence-corrected chi connectivity index (χ3v) is 5.97. The number of amides is 1. The summed E-state index contributed by atoms with van der Waals surface area (Å²) in [5, 5.41) is 4.22. The summed E-state index contributed by atoms with van der Waals surface area (Å²) >= 11 is 0. The highest BCUT2D eigenvalue weighted by atomic mass is 19.1. The van der Waals surface area contributed by atoms with Gasteiger partial charge in [0.1, 0.15) is 17.4 Å². The molecule has 2 aromatic carbocycles. The van der Waals surface area contributed by atoms with Crippen LogP contribution in [0.4, 0.5) is 8.78 Å². The lowest BCUT2D eigenvalue weighted by molar-refractivity contribution is -0.137. The summed E-state index contributed by atoms with van der Waals surface area (Å²) in [7, 11) is 1.60. The molecule has 2 aromatic rings. The molecule has 0 radical (unpaired) electrons. The number of ether oxygens (including phenoxy) is 1. The van der Waals surface area contributed by atoms with Crippen molar-refractivity contribution in [2.75, 3.05) is 13.7 Å². The molecule has 5 nitrogen and oxygen atoms in total. The first-order chi connectivity index (χ1) is 15.0. The summed E-state index contributed by atoms with van der Waals surface area (Å²) in [5.41, 5.74) is 1.89. The summed E-state index contributed by atoms with van der Waals surface area (Å²) in [4.78, 5) is 20.5. The molecule has 2 aliphatic rings. The van der Waals surface area contributed by atoms with Gasteiger partial charge in [0.05, 0.1) is 19.4 Å². The van der Waals surface area contributed by atoms with E-state index in [0.29, 0.717) is 12.2 Å². The fraction of sp³-hybridized carbons (Fsp3) is 0.417. The molecule has 164 valence electrons. The van der Waals surface area contributed by atoms with Crippen molar-refractivity contribution < 1.29 is 23.1 Å². The average Bonchev–Trinajstić information content (AvgIpc) is 3.47. The van der Waals surface area contributed by atoms with Crippen molar-refractivity contribution in [1.82, 2.24) is 4.90 Å². The van der Waals surface area contributed by atoms with Crippen LogP contribution in [0.1, 0.15) is 43.2 Å². The molecule has 1 aliphatic carbocycles. The Morgan fingerprint density at radius 1 is 1.19 bits per heavy atom. The molecule has 0 aromatic heterocycles. The first-order valence-corrected chi connectivity index (χ1v) is 10.6. The van der Waals surface area contributed by atoms with Crippen LogP contribution >= 0.6 is 0 Å². The molecule has 0 unspecified atom stereocenters. The quantitative estimate of drug-likeness (QED) is 0.643. The number of rotatable bonds is 7. The molecule has 1 amide bonds. The van der Waals surface area contributed by atoms with Crippen LogP contribution in [-0.2, 0) is 16.2 Å². The van der Waals surface area contributed by atoms with Gasteiger partial charge in [0.25, 0.3) is 0 Å². The number of oxime groups is 1. The Bertz CT molecular complexity index is 973. The van der Waals surface area contributed by atoms with E-state index in [9.17, 15) is 13.6 Å². The van der Waals surface area contributed by atoms with Crippen LogP contribution < -0.4 is 4.74 Å². The Balaban J connectivity index is 1.49. The topological polar surface area (TPSA) is 51.1 Å². The summed E-state index contributed by atoms with van der Waals surface area (Å²) in [6, 6.07) is 11.0. The number of hydrogen-bond donors (Lipinski definition) is 0. The van der Waals surface area contributed by atoms with E-state index in [4.69, 9.17) is 9.57 Å². The monoisotopic (exact) mass is 428 g/mol. The number of nitrogens with zero attached hydrogens (tertiary/aromatic N) is 2. The van der Waals surface area contributed by atoms with Gasteiger partial charge in [-0.15, -0.1) is 0 Å². The number of hydrogen-bond acceptors (Lipinski definition) is 4. The maximum atomic E-state index is 14.3. The van der Waals surface area contributed by atoms with Gasteiger partial charge in [-0.3, -0.25) is 4.79 Å². The molecule has 0 saturated heterocycles. The van der Waals surface area contributed by atoms with E-state index >= 15 is 0 Å². The van der Waals surface area contributed by atoms with Crippen LogP contribution in [0.15, 0.2) is 47.6 Å². The number of halogens is 2. The average molecular weight is 428 g/mol. The maximum absolute atomic E-state index is 14.3. The molecule has 1 heterocycles. The zero-order chi connectivity index (χ0) is 21.8. The Hall–Kier alpha value is -2.96. The number of benzene rings is 2.